The molecule has 0 aliphatic carbocycles. The van der Waals surface area contributed by atoms with E-state index >= 15 is 0 Å². The minimum atomic E-state index is -1.18. The lowest BCUT2D eigenvalue weighted by Gasteiger charge is -2.11. The summed E-state index contributed by atoms with van der Waals surface area (Å²) < 4.78 is 10.7. The van der Waals surface area contributed by atoms with Crippen molar-refractivity contribution in [3.63, 3.8) is 0 Å². The van der Waals surface area contributed by atoms with Crippen LogP contribution < -0.4 is 14.8 Å². The number of nitrogens with zero attached hydrogens (tertiary/aromatic N) is 1. The first-order valence-electron chi connectivity index (χ1n) is 9.20. The summed E-state index contributed by atoms with van der Waals surface area (Å²) in [5.74, 6) is -2.03. The van der Waals surface area contributed by atoms with Gasteiger partial charge in [0.2, 0.25) is 0 Å². The second-order valence-corrected chi connectivity index (χ2v) is 7.71. The van der Waals surface area contributed by atoms with Crippen LogP contribution in [-0.2, 0) is 9.59 Å². The second-order valence-electron chi connectivity index (χ2n) is 6.27. The Hall–Kier alpha value is -3.50. The molecule has 1 saturated heterocycles. The molecule has 1 heterocycles. The highest BCUT2D eigenvalue weighted by Crippen LogP contribution is 2.33. The van der Waals surface area contributed by atoms with Crippen LogP contribution in [0.4, 0.5) is 5.69 Å². The molecule has 0 spiro atoms. The average molecular weight is 477 g/mol. The zero-order valence-corrected chi connectivity index (χ0v) is 18.2. The van der Waals surface area contributed by atoms with Crippen molar-refractivity contribution in [3.8, 4) is 11.5 Å². The molecule has 2 aromatic rings. The van der Waals surface area contributed by atoms with Crippen LogP contribution in [0.25, 0.3) is 6.08 Å². The fourth-order valence-corrected chi connectivity index (χ4v) is 3.68. The van der Waals surface area contributed by atoms with Gasteiger partial charge in [-0.25, -0.2) is 14.6 Å². The Morgan fingerprint density at radius 2 is 1.94 bits per heavy atom. The van der Waals surface area contributed by atoms with Crippen LogP contribution in [0.2, 0.25) is 5.02 Å². The monoisotopic (exact) mass is 476 g/mol. The Morgan fingerprint density at radius 1 is 1.16 bits per heavy atom. The molecule has 11 heteroatoms. The fourth-order valence-electron chi connectivity index (χ4n) is 2.64. The quantitative estimate of drug-likeness (QED) is 0.490. The molecular weight excluding hydrogens is 460 g/mol. The van der Waals surface area contributed by atoms with E-state index in [-0.39, 0.29) is 27.4 Å². The van der Waals surface area contributed by atoms with Gasteiger partial charge in [-0.15, -0.1) is 0 Å². The third-order valence-corrected chi connectivity index (χ3v) is 5.22. The van der Waals surface area contributed by atoms with Crippen LogP contribution in [0.5, 0.6) is 11.5 Å². The smallest absolute Gasteiger partial charge is 0.341 e. The number of aliphatic carboxylic acids is 1. The van der Waals surface area contributed by atoms with Crippen LogP contribution in [0.15, 0.2) is 46.3 Å². The molecule has 1 fully saturated rings. The summed E-state index contributed by atoms with van der Waals surface area (Å²) in [5, 5.41) is 21.0. The number of benzene rings is 2. The zero-order valence-electron chi connectivity index (χ0n) is 16.6. The van der Waals surface area contributed by atoms with E-state index in [0.29, 0.717) is 28.5 Å². The first-order chi connectivity index (χ1) is 15.3. The van der Waals surface area contributed by atoms with Crippen LogP contribution in [0.1, 0.15) is 22.8 Å². The number of rotatable bonds is 8. The van der Waals surface area contributed by atoms with Crippen molar-refractivity contribution < 1.29 is 34.1 Å². The summed E-state index contributed by atoms with van der Waals surface area (Å²) in [6.45, 7) is 1.61. The molecule has 0 saturated carbocycles. The number of thioether (sulfide) groups is 1. The van der Waals surface area contributed by atoms with Gasteiger partial charge >= 0.3 is 11.9 Å². The van der Waals surface area contributed by atoms with Gasteiger partial charge in [0.15, 0.2) is 23.3 Å². The molecule has 0 bridgehead atoms. The van der Waals surface area contributed by atoms with E-state index in [9.17, 15) is 19.5 Å². The lowest BCUT2D eigenvalue weighted by molar-refractivity contribution is -0.139. The standard InChI is InChI=1S/C21H17ClN2O7S/c1-2-30-16-7-11(3-6-15(16)31-10-18(25)26)8-17-19(27)24-21(32-17)23-12-4-5-14(22)13(9-12)20(28)29/h3-9H,2,10H2,1H3,(H,25,26)(H,28,29)(H,23,24,27)/b17-8-. The van der Waals surface area contributed by atoms with Gasteiger partial charge in [0, 0.05) is 0 Å². The first-order valence-corrected chi connectivity index (χ1v) is 10.4. The van der Waals surface area contributed by atoms with E-state index in [2.05, 4.69) is 10.3 Å². The number of aliphatic imine (C=N–C) groups is 1. The molecule has 1 amide bonds. The van der Waals surface area contributed by atoms with Crippen molar-refractivity contribution in [1.29, 1.82) is 0 Å². The van der Waals surface area contributed by atoms with Crippen LogP contribution >= 0.6 is 23.4 Å². The predicted octanol–water partition coefficient (Wildman–Crippen LogP) is 3.79. The van der Waals surface area contributed by atoms with E-state index < -0.39 is 18.5 Å². The number of carboxylic acid groups (broad SMARTS) is 2. The number of hydrogen-bond acceptors (Lipinski definition) is 7. The van der Waals surface area contributed by atoms with E-state index in [4.69, 9.17) is 26.2 Å². The average Bonchev–Trinajstić information content (AvgIpc) is 3.07. The number of amidine groups is 1. The van der Waals surface area contributed by atoms with Gasteiger partial charge in [-0.1, -0.05) is 17.7 Å². The van der Waals surface area contributed by atoms with E-state index in [1.54, 1.807) is 37.3 Å². The van der Waals surface area contributed by atoms with Gasteiger partial charge in [0.1, 0.15) is 0 Å². The summed E-state index contributed by atoms with van der Waals surface area (Å²) >= 11 is 6.95. The largest absolute Gasteiger partial charge is 0.490 e. The third-order valence-electron chi connectivity index (χ3n) is 3.98. The van der Waals surface area contributed by atoms with Gasteiger partial charge in [0.25, 0.3) is 5.91 Å². The lowest BCUT2D eigenvalue weighted by atomic mass is 10.2. The SMILES string of the molecule is CCOc1cc(/C=C2\SC(=Nc3ccc(Cl)c(C(=O)O)c3)NC2=O)ccc1OCC(=O)O. The van der Waals surface area contributed by atoms with E-state index in [1.807, 2.05) is 0 Å². The maximum atomic E-state index is 12.3. The summed E-state index contributed by atoms with van der Waals surface area (Å²) in [4.78, 5) is 38.9. The predicted molar refractivity (Wildman–Crippen MR) is 120 cm³/mol. The molecule has 0 atom stereocenters. The van der Waals surface area contributed by atoms with Crippen molar-refractivity contribution in [1.82, 2.24) is 5.32 Å². The number of nitrogens with one attached hydrogen (secondary N) is 1. The van der Waals surface area contributed by atoms with Gasteiger partial charge in [0.05, 0.1) is 27.8 Å². The van der Waals surface area contributed by atoms with Crippen molar-refractivity contribution in [2.75, 3.05) is 13.2 Å². The maximum absolute atomic E-state index is 12.3. The Bertz CT molecular complexity index is 1150. The number of hydrogen-bond donors (Lipinski definition) is 3. The lowest BCUT2D eigenvalue weighted by Crippen LogP contribution is -2.19. The number of amides is 1. The normalized spacial score (nSPS) is 15.6. The molecule has 32 heavy (non-hydrogen) atoms. The van der Waals surface area contributed by atoms with Gasteiger partial charge < -0.3 is 25.0 Å². The van der Waals surface area contributed by atoms with Gasteiger partial charge in [-0.05, 0) is 60.7 Å². The molecule has 166 valence electrons. The molecule has 3 N–H and O–H groups in total. The van der Waals surface area contributed by atoms with Crippen molar-refractivity contribution >= 4 is 58.1 Å². The van der Waals surface area contributed by atoms with Crippen LogP contribution in [-0.4, -0.2) is 46.4 Å². The molecule has 0 aromatic heterocycles. The Kier molecular flexibility index (Phi) is 7.39. The summed E-state index contributed by atoms with van der Waals surface area (Å²) in [7, 11) is 0. The number of carbonyl (C=O) groups is 3. The Morgan fingerprint density at radius 3 is 2.62 bits per heavy atom. The highest BCUT2D eigenvalue weighted by molar-refractivity contribution is 8.18. The number of halogens is 1. The minimum absolute atomic E-state index is 0.0889. The number of carboxylic acids is 2. The topological polar surface area (TPSA) is 135 Å². The molecule has 0 radical (unpaired) electrons. The van der Waals surface area contributed by atoms with E-state index in [1.165, 1.54) is 12.1 Å². The van der Waals surface area contributed by atoms with Crippen molar-refractivity contribution in [2.24, 2.45) is 4.99 Å². The molecule has 9 nitrogen and oxygen atoms in total. The highest BCUT2D eigenvalue weighted by Gasteiger charge is 2.24. The first kappa shape index (κ1) is 23.2. The second kappa shape index (κ2) is 10.2. The summed E-state index contributed by atoms with van der Waals surface area (Å²) in [5.41, 5.74) is 0.872. The van der Waals surface area contributed by atoms with Crippen molar-refractivity contribution in [3.05, 3.63) is 57.5 Å². The van der Waals surface area contributed by atoms with Gasteiger partial charge in [-0.3, -0.25) is 4.79 Å². The summed E-state index contributed by atoms with van der Waals surface area (Å²) in [6.07, 6.45) is 1.62. The molecule has 1 aliphatic rings. The van der Waals surface area contributed by atoms with E-state index in [0.717, 1.165) is 11.8 Å². The molecule has 1 aliphatic heterocycles. The molecule has 2 aromatic carbocycles. The summed E-state index contributed by atoms with van der Waals surface area (Å²) in [6, 6.07) is 9.14. The van der Waals surface area contributed by atoms with Crippen molar-refractivity contribution in [2.45, 2.75) is 6.92 Å². The van der Waals surface area contributed by atoms with Crippen LogP contribution in [0.3, 0.4) is 0 Å². The number of aromatic carboxylic acids is 1. The zero-order chi connectivity index (χ0) is 23.3. The van der Waals surface area contributed by atoms with Crippen LogP contribution in [0, 0.1) is 0 Å². The molecule has 0 unspecified atom stereocenters. The highest BCUT2D eigenvalue weighted by atomic mass is 35.5. The Balaban J connectivity index is 1.82. The number of carbonyl (C=O) groups excluding carboxylic acids is 1. The fraction of sp³-hybridized carbons (Fsp3) is 0.143. The Labute approximate surface area is 191 Å². The van der Waals surface area contributed by atoms with Gasteiger partial charge in [-0.2, -0.15) is 0 Å². The maximum Gasteiger partial charge on any atom is 0.341 e. The number of ether oxygens (including phenoxy) is 2. The minimum Gasteiger partial charge on any atom is -0.490 e. The molecular formula is C21H17ClN2O7S. The molecule has 3 rings (SSSR count). The third kappa shape index (κ3) is 5.80.